The van der Waals surface area contributed by atoms with Gasteiger partial charge in [-0.3, -0.25) is 0 Å². The largest absolute Gasteiger partial charge is 0.0724 e. The first kappa shape index (κ1) is 10.7. The zero-order valence-corrected chi connectivity index (χ0v) is 12.6. The Bertz CT molecular complexity index is 97.7. The van der Waals surface area contributed by atoms with Crippen LogP contribution in [-0.4, -0.2) is 26.4 Å². The Labute approximate surface area is 82.6 Å². The first-order valence-electron chi connectivity index (χ1n) is 5.58. The van der Waals surface area contributed by atoms with Crippen molar-refractivity contribution < 1.29 is 0 Å². The maximum atomic E-state index is 2.63. The van der Waals surface area contributed by atoms with Gasteiger partial charge in [0, 0.05) is 26.4 Å². The molecule has 1 saturated heterocycles. The van der Waals surface area contributed by atoms with Gasteiger partial charge >= 0.3 is 0 Å². The van der Waals surface area contributed by atoms with Crippen LogP contribution in [0.3, 0.4) is 0 Å². The quantitative estimate of drug-likeness (QED) is 0.545. The fourth-order valence-electron chi connectivity index (χ4n) is 3.13. The van der Waals surface area contributed by atoms with E-state index in [-0.39, 0.29) is 26.4 Å². The van der Waals surface area contributed by atoms with Crippen molar-refractivity contribution in [1.82, 2.24) is 0 Å². The smallest absolute Gasteiger partial charge is 0.0310 e. The highest BCUT2D eigenvalue weighted by Crippen LogP contribution is 2.23. The average Bonchev–Trinajstić information content (AvgIpc) is 1.81. The molecule has 1 heterocycles. The molecule has 0 saturated carbocycles. The van der Waals surface area contributed by atoms with Crippen LogP contribution < -0.4 is 0 Å². The zero-order chi connectivity index (χ0) is 9.14. The summed E-state index contributed by atoms with van der Waals surface area (Å²) in [5.41, 5.74) is 3.53. The third-order valence-corrected chi connectivity index (χ3v) is 19.3. The van der Waals surface area contributed by atoms with E-state index in [1.807, 2.05) is 0 Å². The van der Waals surface area contributed by atoms with Crippen molar-refractivity contribution in [2.45, 2.75) is 50.0 Å². The molecule has 12 heavy (non-hydrogen) atoms. The van der Waals surface area contributed by atoms with Gasteiger partial charge in [0.05, 0.1) is 0 Å². The molecule has 0 N–H and O–H groups in total. The van der Waals surface area contributed by atoms with Crippen LogP contribution in [0.15, 0.2) is 0 Å². The Morgan fingerprint density at radius 3 is 1.67 bits per heavy atom. The third-order valence-electron chi connectivity index (χ3n) is 3.22. The lowest BCUT2D eigenvalue weighted by molar-refractivity contribution is 0.714. The van der Waals surface area contributed by atoms with E-state index in [1.54, 1.807) is 23.4 Å². The van der Waals surface area contributed by atoms with E-state index in [0.29, 0.717) is 0 Å². The van der Waals surface area contributed by atoms with Crippen LogP contribution in [0.4, 0.5) is 0 Å². The predicted octanol–water partition coefficient (Wildman–Crippen LogP) is 2.29. The van der Waals surface area contributed by atoms with E-state index in [9.17, 15) is 0 Å². The molecule has 1 aliphatic rings. The van der Waals surface area contributed by atoms with Crippen LogP contribution in [0.25, 0.3) is 0 Å². The molecule has 72 valence electrons. The highest BCUT2D eigenvalue weighted by molar-refractivity contribution is 6.84. The number of rotatable bonds is 0. The van der Waals surface area contributed by atoms with Gasteiger partial charge in [0.1, 0.15) is 0 Å². The van der Waals surface area contributed by atoms with Crippen molar-refractivity contribution in [3.05, 3.63) is 0 Å². The van der Waals surface area contributed by atoms with Crippen LogP contribution >= 0.6 is 0 Å². The van der Waals surface area contributed by atoms with Crippen molar-refractivity contribution in [3.63, 3.8) is 0 Å². The van der Waals surface area contributed by atoms with Crippen molar-refractivity contribution in [2.24, 2.45) is 5.92 Å². The molecule has 3 heteroatoms. The molecule has 0 aromatic heterocycles. The SMILES string of the molecule is CC1C[SiH](C)C[SiH](C)C[SiH](C)C1. The van der Waals surface area contributed by atoms with E-state index in [1.165, 1.54) is 0 Å². The first-order chi connectivity index (χ1) is 5.58. The summed E-state index contributed by atoms with van der Waals surface area (Å²) in [6.07, 6.45) is 0. The summed E-state index contributed by atoms with van der Waals surface area (Å²) in [4.78, 5) is 0. The van der Waals surface area contributed by atoms with Gasteiger partial charge in [0.15, 0.2) is 0 Å². The lowest BCUT2D eigenvalue weighted by Gasteiger charge is -2.26. The normalized spacial score (nSPS) is 45.0. The maximum Gasteiger partial charge on any atom is 0.0310 e. The highest BCUT2D eigenvalue weighted by atomic mass is 28.4. The minimum Gasteiger partial charge on any atom is -0.0724 e. The molecule has 1 aliphatic heterocycles. The van der Waals surface area contributed by atoms with E-state index in [4.69, 9.17) is 0 Å². The topological polar surface area (TPSA) is 0 Å². The Morgan fingerprint density at radius 2 is 1.25 bits per heavy atom. The molecule has 0 amide bonds. The van der Waals surface area contributed by atoms with Gasteiger partial charge in [0.25, 0.3) is 0 Å². The van der Waals surface area contributed by atoms with E-state index in [2.05, 4.69) is 26.6 Å². The number of hydrogen-bond acceptors (Lipinski definition) is 0. The standard InChI is InChI=1S/C9H24Si3/c1-9-5-10(2)7-12(4)8-11(3)6-9/h9-12H,5-8H2,1-4H3. The summed E-state index contributed by atoms with van der Waals surface area (Å²) in [5.74, 6) is 1.11. The molecule has 0 nitrogen and oxygen atoms in total. The van der Waals surface area contributed by atoms with Crippen LogP contribution in [0.5, 0.6) is 0 Å². The molecule has 2 unspecified atom stereocenters. The predicted molar refractivity (Wildman–Crippen MR) is 67.4 cm³/mol. The van der Waals surface area contributed by atoms with Gasteiger partial charge in [0.2, 0.25) is 0 Å². The second-order valence-corrected chi connectivity index (χ2v) is 16.7. The Kier molecular flexibility index (Phi) is 4.26. The fourth-order valence-corrected chi connectivity index (χ4v) is 21.7. The fraction of sp³-hybridized carbons (Fsp3) is 1.00. The Morgan fingerprint density at radius 1 is 0.833 bits per heavy atom. The van der Waals surface area contributed by atoms with Crippen LogP contribution in [0.2, 0.25) is 43.1 Å². The van der Waals surface area contributed by atoms with Gasteiger partial charge < -0.3 is 0 Å². The van der Waals surface area contributed by atoms with E-state index >= 15 is 0 Å². The second-order valence-electron chi connectivity index (χ2n) is 5.36. The van der Waals surface area contributed by atoms with Gasteiger partial charge in [-0.15, -0.1) is 0 Å². The summed E-state index contributed by atoms with van der Waals surface area (Å²) < 4.78 is 0. The molecule has 1 rings (SSSR count). The van der Waals surface area contributed by atoms with Gasteiger partial charge in [-0.25, -0.2) is 0 Å². The average molecular weight is 217 g/mol. The summed E-state index contributed by atoms with van der Waals surface area (Å²) in [6.45, 7) is 10.3. The summed E-state index contributed by atoms with van der Waals surface area (Å²) in [6, 6.07) is 3.32. The van der Waals surface area contributed by atoms with Crippen LogP contribution in [0, 0.1) is 5.92 Å². The van der Waals surface area contributed by atoms with Crippen molar-refractivity contribution in [3.8, 4) is 0 Å². The summed E-state index contributed by atoms with van der Waals surface area (Å²) >= 11 is 0. The lowest BCUT2D eigenvalue weighted by Crippen LogP contribution is -2.30. The lowest BCUT2D eigenvalue weighted by atomic mass is 10.3. The minimum absolute atomic E-state index is 0.188. The molecule has 0 aromatic carbocycles. The molecule has 0 spiro atoms. The molecule has 0 bridgehead atoms. The number of hydrogen-bond donors (Lipinski definition) is 0. The highest BCUT2D eigenvalue weighted by Gasteiger charge is 2.22. The second kappa shape index (κ2) is 4.77. The van der Waals surface area contributed by atoms with Gasteiger partial charge in [-0.2, -0.15) is 0 Å². The minimum atomic E-state index is -0.228. The third kappa shape index (κ3) is 3.58. The Hall–Kier alpha value is 0.651. The van der Waals surface area contributed by atoms with Gasteiger partial charge in [-0.1, -0.05) is 50.0 Å². The zero-order valence-electron chi connectivity index (χ0n) is 9.14. The maximum absolute atomic E-state index is 2.63. The molecule has 0 aliphatic carbocycles. The van der Waals surface area contributed by atoms with E-state index < -0.39 is 0 Å². The monoisotopic (exact) mass is 216 g/mol. The van der Waals surface area contributed by atoms with Crippen molar-refractivity contribution in [1.29, 1.82) is 0 Å². The van der Waals surface area contributed by atoms with Crippen LogP contribution in [-0.2, 0) is 0 Å². The van der Waals surface area contributed by atoms with Gasteiger partial charge in [-0.05, 0) is 5.92 Å². The first-order valence-corrected chi connectivity index (χ1v) is 13.9. The molecule has 0 radical (unpaired) electrons. The molecule has 1 fully saturated rings. The van der Waals surface area contributed by atoms with Crippen molar-refractivity contribution >= 4 is 26.4 Å². The summed E-state index contributed by atoms with van der Waals surface area (Å²) in [7, 11) is -0.643. The van der Waals surface area contributed by atoms with Crippen molar-refractivity contribution in [2.75, 3.05) is 0 Å². The molecule has 0 aromatic rings. The summed E-state index contributed by atoms with van der Waals surface area (Å²) in [5, 5.41) is 0. The molecule has 2 atom stereocenters. The Balaban J connectivity index is 2.45. The van der Waals surface area contributed by atoms with Crippen LogP contribution in [0.1, 0.15) is 6.92 Å². The van der Waals surface area contributed by atoms with E-state index in [0.717, 1.165) is 5.92 Å². The molecular weight excluding hydrogens is 192 g/mol. The molecular formula is C9H24Si3.